The van der Waals surface area contributed by atoms with Gasteiger partial charge in [-0.1, -0.05) is 19.1 Å². The van der Waals surface area contributed by atoms with Gasteiger partial charge in [-0.3, -0.25) is 9.59 Å². The van der Waals surface area contributed by atoms with E-state index >= 15 is 0 Å². The molecule has 0 bridgehead atoms. The van der Waals surface area contributed by atoms with Gasteiger partial charge in [0.05, 0.1) is 27.8 Å². The summed E-state index contributed by atoms with van der Waals surface area (Å²) in [7, 11) is 4.50. The summed E-state index contributed by atoms with van der Waals surface area (Å²) in [6, 6.07) is 10.9. The number of benzene rings is 2. The van der Waals surface area contributed by atoms with E-state index in [4.69, 9.17) is 18.9 Å². The number of carbonyl (C=O) groups is 2. The number of aryl methyl sites for hydroxylation is 1. The second-order valence-electron chi connectivity index (χ2n) is 6.38. The van der Waals surface area contributed by atoms with Gasteiger partial charge in [0.1, 0.15) is 0 Å². The van der Waals surface area contributed by atoms with Crippen LogP contribution in [0.5, 0.6) is 17.2 Å². The highest BCUT2D eigenvalue weighted by atomic mass is 16.5. The van der Waals surface area contributed by atoms with Crippen molar-refractivity contribution < 1.29 is 28.5 Å². The summed E-state index contributed by atoms with van der Waals surface area (Å²) in [5.41, 5.74) is 2.44. The average Bonchev–Trinajstić information content (AvgIpc) is 2.73. The maximum Gasteiger partial charge on any atom is 0.311 e. The first-order chi connectivity index (χ1) is 13.9. The highest BCUT2D eigenvalue weighted by molar-refractivity contribution is 5.95. The molecule has 0 heterocycles. The fraction of sp³-hybridized carbons (Fsp3) is 0.364. The molecule has 2 aromatic carbocycles. The predicted molar refractivity (Wildman–Crippen MR) is 110 cm³/mol. The summed E-state index contributed by atoms with van der Waals surface area (Å²) in [6.45, 7) is 3.59. The molecule has 0 aliphatic heterocycles. The Morgan fingerprint density at radius 1 is 0.931 bits per heavy atom. The highest BCUT2D eigenvalue weighted by Gasteiger charge is 2.20. The van der Waals surface area contributed by atoms with E-state index in [1.165, 1.54) is 33.8 Å². The van der Waals surface area contributed by atoms with Crippen LogP contribution in [0.1, 0.15) is 25.0 Å². The fourth-order valence-electron chi connectivity index (χ4n) is 2.76. The predicted octanol–water partition coefficient (Wildman–Crippen LogP) is 3.39. The zero-order valence-corrected chi connectivity index (χ0v) is 17.4. The first-order valence-electron chi connectivity index (χ1n) is 9.30. The molecule has 7 nitrogen and oxygen atoms in total. The molecule has 156 valence electrons. The number of hydrogen-bond acceptors (Lipinski definition) is 6. The number of esters is 1. The Morgan fingerprint density at radius 2 is 1.52 bits per heavy atom. The molecule has 0 fully saturated rings. The molecule has 0 spiro atoms. The number of hydrogen-bond donors (Lipinski definition) is 1. The van der Waals surface area contributed by atoms with Crippen molar-refractivity contribution in [2.75, 3.05) is 26.6 Å². The van der Waals surface area contributed by atoms with Gasteiger partial charge >= 0.3 is 5.97 Å². The minimum absolute atomic E-state index is 0.0421. The van der Waals surface area contributed by atoms with Crippen molar-refractivity contribution in [2.45, 2.75) is 32.8 Å². The Hall–Kier alpha value is -3.22. The summed E-state index contributed by atoms with van der Waals surface area (Å²) in [5.74, 6) is 0.386. The van der Waals surface area contributed by atoms with Gasteiger partial charge in [-0.2, -0.15) is 0 Å². The van der Waals surface area contributed by atoms with E-state index in [0.717, 1.165) is 6.42 Å². The van der Waals surface area contributed by atoms with Gasteiger partial charge in [-0.15, -0.1) is 0 Å². The molecule has 0 radical (unpaired) electrons. The van der Waals surface area contributed by atoms with E-state index < -0.39 is 18.0 Å². The normalized spacial score (nSPS) is 11.3. The second kappa shape index (κ2) is 10.4. The molecule has 1 amide bonds. The molecule has 2 rings (SSSR count). The molecule has 0 aromatic heterocycles. The highest BCUT2D eigenvalue weighted by Crippen LogP contribution is 2.38. The third-order valence-corrected chi connectivity index (χ3v) is 4.38. The number of ether oxygens (including phenoxy) is 4. The van der Waals surface area contributed by atoms with E-state index in [0.29, 0.717) is 28.5 Å². The number of carbonyl (C=O) groups excluding carboxylic acids is 2. The van der Waals surface area contributed by atoms with Gasteiger partial charge in [0.15, 0.2) is 17.6 Å². The molecular formula is C22H27NO6. The standard InChI is InChI=1S/C22H27NO6/c1-6-15-7-9-17(10-8-15)23-22(25)14(2)29-20(24)13-16-11-18(26-3)21(28-5)19(12-16)27-4/h7-12,14H,6,13H2,1-5H3,(H,23,25)/t14-/m1/s1. The summed E-state index contributed by atoms with van der Waals surface area (Å²) >= 11 is 0. The number of amides is 1. The third kappa shape index (κ3) is 5.88. The smallest absolute Gasteiger partial charge is 0.311 e. The molecule has 1 atom stereocenters. The van der Waals surface area contributed by atoms with Gasteiger partial charge in [0.2, 0.25) is 5.75 Å². The average molecular weight is 401 g/mol. The van der Waals surface area contributed by atoms with Crippen molar-refractivity contribution >= 4 is 17.6 Å². The van der Waals surface area contributed by atoms with E-state index in [9.17, 15) is 9.59 Å². The van der Waals surface area contributed by atoms with Gasteiger partial charge in [-0.25, -0.2) is 0 Å². The van der Waals surface area contributed by atoms with Crippen molar-refractivity contribution in [1.82, 2.24) is 0 Å². The molecule has 0 saturated heterocycles. The topological polar surface area (TPSA) is 83.1 Å². The molecule has 0 aliphatic carbocycles. The Bertz CT molecular complexity index is 822. The molecule has 1 N–H and O–H groups in total. The number of anilines is 1. The van der Waals surface area contributed by atoms with Crippen molar-refractivity contribution in [3.63, 3.8) is 0 Å². The van der Waals surface area contributed by atoms with Crippen LogP contribution in [0.25, 0.3) is 0 Å². The third-order valence-electron chi connectivity index (χ3n) is 4.38. The van der Waals surface area contributed by atoms with Crippen LogP contribution in [0, 0.1) is 0 Å². The van der Waals surface area contributed by atoms with Gasteiger partial charge in [0, 0.05) is 5.69 Å². The van der Waals surface area contributed by atoms with Crippen LogP contribution in [0.15, 0.2) is 36.4 Å². The van der Waals surface area contributed by atoms with Crippen LogP contribution >= 0.6 is 0 Å². The minimum atomic E-state index is -0.935. The van der Waals surface area contributed by atoms with E-state index in [1.54, 1.807) is 12.1 Å². The molecule has 2 aromatic rings. The maximum absolute atomic E-state index is 12.3. The number of rotatable bonds is 9. The number of methoxy groups -OCH3 is 3. The Kier molecular flexibility index (Phi) is 7.88. The zero-order valence-electron chi connectivity index (χ0n) is 17.4. The summed E-state index contributed by atoms with van der Waals surface area (Å²) in [4.78, 5) is 24.6. The van der Waals surface area contributed by atoms with Crippen LogP contribution in [0.3, 0.4) is 0 Å². The minimum Gasteiger partial charge on any atom is -0.493 e. The van der Waals surface area contributed by atoms with Crippen LogP contribution < -0.4 is 19.5 Å². The largest absolute Gasteiger partial charge is 0.493 e. The first-order valence-corrected chi connectivity index (χ1v) is 9.30. The first kappa shape index (κ1) is 22.1. The van der Waals surface area contributed by atoms with Gasteiger partial charge in [0.25, 0.3) is 5.91 Å². The van der Waals surface area contributed by atoms with Crippen molar-refractivity contribution in [2.24, 2.45) is 0 Å². The maximum atomic E-state index is 12.3. The second-order valence-corrected chi connectivity index (χ2v) is 6.38. The van der Waals surface area contributed by atoms with Crippen LogP contribution in [0.4, 0.5) is 5.69 Å². The van der Waals surface area contributed by atoms with Crippen molar-refractivity contribution in [3.8, 4) is 17.2 Å². The SMILES string of the molecule is CCc1ccc(NC(=O)[C@@H](C)OC(=O)Cc2cc(OC)c(OC)c(OC)c2)cc1. The summed E-state index contributed by atoms with van der Waals surface area (Å²) in [6.07, 6.45) is -0.0571. The lowest BCUT2D eigenvalue weighted by Crippen LogP contribution is -2.30. The monoisotopic (exact) mass is 401 g/mol. The van der Waals surface area contributed by atoms with E-state index in [1.807, 2.05) is 24.3 Å². The van der Waals surface area contributed by atoms with Crippen molar-refractivity contribution in [3.05, 3.63) is 47.5 Å². The van der Waals surface area contributed by atoms with Crippen LogP contribution in [-0.2, 0) is 27.2 Å². The summed E-state index contributed by atoms with van der Waals surface area (Å²) in [5, 5.41) is 2.74. The quantitative estimate of drug-likeness (QED) is 0.649. The Balaban J connectivity index is 1.99. The lowest BCUT2D eigenvalue weighted by Gasteiger charge is -2.16. The Labute approximate surface area is 170 Å². The lowest BCUT2D eigenvalue weighted by molar-refractivity contribution is -0.152. The van der Waals surface area contributed by atoms with Crippen molar-refractivity contribution in [1.29, 1.82) is 0 Å². The molecule has 0 unspecified atom stereocenters. The number of nitrogens with one attached hydrogen (secondary N) is 1. The van der Waals surface area contributed by atoms with Crippen LogP contribution in [0.2, 0.25) is 0 Å². The fourth-order valence-corrected chi connectivity index (χ4v) is 2.76. The van der Waals surface area contributed by atoms with Gasteiger partial charge in [-0.05, 0) is 48.7 Å². The molecule has 0 saturated carbocycles. The Morgan fingerprint density at radius 3 is 2.00 bits per heavy atom. The molecule has 29 heavy (non-hydrogen) atoms. The van der Waals surface area contributed by atoms with E-state index in [-0.39, 0.29) is 6.42 Å². The van der Waals surface area contributed by atoms with Crippen LogP contribution in [-0.4, -0.2) is 39.3 Å². The molecular weight excluding hydrogens is 374 g/mol. The lowest BCUT2D eigenvalue weighted by atomic mass is 10.1. The molecule has 7 heteroatoms. The van der Waals surface area contributed by atoms with Gasteiger partial charge < -0.3 is 24.3 Å². The summed E-state index contributed by atoms with van der Waals surface area (Å²) < 4.78 is 21.1. The zero-order chi connectivity index (χ0) is 21.4. The molecule has 0 aliphatic rings. The van der Waals surface area contributed by atoms with E-state index in [2.05, 4.69) is 12.2 Å².